The van der Waals surface area contributed by atoms with E-state index in [-0.39, 0.29) is 23.7 Å². The van der Waals surface area contributed by atoms with Crippen molar-refractivity contribution >= 4 is 35.6 Å². The minimum atomic E-state index is -1.25. The molecule has 2 amide bonds. The Balaban J connectivity index is 2.40. The van der Waals surface area contributed by atoms with E-state index in [1.165, 1.54) is 29.2 Å². The Morgan fingerprint density at radius 1 is 0.975 bits per heavy atom. The predicted molar refractivity (Wildman–Crippen MR) is 152 cm³/mol. The molecular formula is C30H38ClFN2O6. The molecule has 0 heterocycles. The molecule has 0 unspecified atom stereocenters. The molecule has 0 aliphatic heterocycles. The summed E-state index contributed by atoms with van der Waals surface area (Å²) in [6.45, 7) is 10.4. The number of carbonyl (C=O) groups is 3. The fraction of sp³-hybridized carbons (Fsp3) is 0.433. The van der Waals surface area contributed by atoms with Gasteiger partial charge >= 0.3 is 12.1 Å². The number of carbonyl (C=O) groups excluding carboxylic acids is 3. The van der Waals surface area contributed by atoms with Crippen molar-refractivity contribution < 1.29 is 33.0 Å². The van der Waals surface area contributed by atoms with E-state index in [0.29, 0.717) is 6.61 Å². The molecule has 1 N–H and O–H groups in total. The number of alkyl carbamates (subject to hydrolysis) is 1. The van der Waals surface area contributed by atoms with E-state index in [1.54, 1.807) is 54.7 Å². The highest BCUT2D eigenvalue weighted by Crippen LogP contribution is 2.19. The molecule has 0 bridgehead atoms. The van der Waals surface area contributed by atoms with Gasteiger partial charge in [-0.05, 0) is 64.8 Å². The van der Waals surface area contributed by atoms with E-state index in [4.69, 9.17) is 25.8 Å². The van der Waals surface area contributed by atoms with Crippen molar-refractivity contribution in [3.8, 4) is 0 Å². The van der Waals surface area contributed by atoms with Crippen molar-refractivity contribution in [2.24, 2.45) is 0 Å². The van der Waals surface area contributed by atoms with Crippen LogP contribution in [0.2, 0.25) is 5.02 Å². The lowest BCUT2D eigenvalue weighted by Gasteiger charge is -2.30. The Morgan fingerprint density at radius 2 is 1.57 bits per heavy atom. The summed E-state index contributed by atoms with van der Waals surface area (Å²) in [4.78, 5) is 40.5. The van der Waals surface area contributed by atoms with Crippen molar-refractivity contribution in [2.75, 3.05) is 13.7 Å². The second-order valence-corrected chi connectivity index (χ2v) is 11.6. The van der Waals surface area contributed by atoms with Crippen LogP contribution in [-0.2, 0) is 37.0 Å². The van der Waals surface area contributed by atoms with Gasteiger partial charge in [0.05, 0.1) is 18.2 Å². The van der Waals surface area contributed by atoms with Crippen molar-refractivity contribution in [3.05, 3.63) is 76.1 Å². The van der Waals surface area contributed by atoms with Crippen LogP contribution in [0, 0.1) is 5.82 Å². The second-order valence-electron chi connectivity index (χ2n) is 11.2. The first-order valence-corrected chi connectivity index (χ1v) is 13.2. The van der Waals surface area contributed by atoms with Crippen molar-refractivity contribution in [1.82, 2.24) is 10.2 Å². The average molecular weight is 577 g/mol. The van der Waals surface area contributed by atoms with Crippen molar-refractivity contribution in [1.29, 1.82) is 0 Å². The zero-order valence-corrected chi connectivity index (χ0v) is 24.8. The summed E-state index contributed by atoms with van der Waals surface area (Å²) in [5.41, 5.74) is 0.168. The molecular weight excluding hydrogens is 539 g/mol. The number of benzene rings is 2. The zero-order valence-electron chi connectivity index (χ0n) is 24.0. The fourth-order valence-electron chi connectivity index (χ4n) is 3.50. The third kappa shape index (κ3) is 11.4. The minimum absolute atomic E-state index is 0.0749. The van der Waals surface area contributed by atoms with Crippen LogP contribution >= 0.6 is 11.6 Å². The number of nitrogens with one attached hydrogen (secondary N) is 1. The predicted octanol–water partition coefficient (Wildman–Crippen LogP) is 5.90. The first-order valence-electron chi connectivity index (χ1n) is 12.8. The average Bonchev–Trinajstić information content (AvgIpc) is 2.83. The standard InChI is InChI=1S/C30H38ClFN2O6/c1-29(2,3)39-27(36)24(33-28(37)40-30(4,5)6)18-34(17-20-11-13-21(14-12-20)19-38-7)25(35)16-15-22-9-8-10-23(31)26(22)32/h8-16,24H,17-19H2,1-7H3,(H,33,37)/b16-15+/t24-/m0/s1. The smallest absolute Gasteiger partial charge is 0.408 e. The van der Waals surface area contributed by atoms with Gasteiger partial charge in [0, 0.05) is 25.3 Å². The number of halogens is 2. The van der Waals surface area contributed by atoms with Gasteiger partial charge in [-0.3, -0.25) is 4.79 Å². The number of hydrogen-bond donors (Lipinski definition) is 1. The summed E-state index contributed by atoms with van der Waals surface area (Å²) in [5, 5.41) is 2.46. The highest BCUT2D eigenvalue weighted by molar-refractivity contribution is 6.30. The molecule has 40 heavy (non-hydrogen) atoms. The van der Waals surface area contributed by atoms with E-state index < -0.39 is 41.0 Å². The lowest BCUT2D eigenvalue weighted by Crippen LogP contribution is -2.52. The van der Waals surface area contributed by atoms with Gasteiger partial charge in [0.25, 0.3) is 0 Å². The summed E-state index contributed by atoms with van der Waals surface area (Å²) >= 11 is 5.87. The van der Waals surface area contributed by atoms with Crippen LogP contribution in [0.15, 0.2) is 48.5 Å². The van der Waals surface area contributed by atoms with Gasteiger partial charge in [-0.15, -0.1) is 0 Å². The van der Waals surface area contributed by atoms with Crippen molar-refractivity contribution in [3.63, 3.8) is 0 Å². The van der Waals surface area contributed by atoms with Gasteiger partial charge in [0.15, 0.2) is 0 Å². The fourth-order valence-corrected chi connectivity index (χ4v) is 3.68. The topological polar surface area (TPSA) is 94.2 Å². The monoisotopic (exact) mass is 576 g/mol. The SMILES string of the molecule is COCc1ccc(CN(C[C@H](NC(=O)OC(C)(C)C)C(=O)OC(C)(C)C)C(=O)/C=C/c2cccc(Cl)c2F)cc1. The normalized spacial score (nSPS) is 12.6. The molecule has 0 radical (unpaired) electrons. The number of ether oxygens (including phenoxy) is 3. The highest BCUT2D eigenvalue weighted by Gasteiger charge is 2.31. The largest absolute Gasteiger partial charge is 0.458 e. The summed E-state index contributed by atoms with van der Waals surface area (Å²) in [6.07, 6.45) is 1.66. The molecule has 218 valence electrons. The van der Waals surface area contributed by atoms with E-state index >= 15 is 0 Å². The third-order valence-corrected chi connectivity index (χ3v) is 5.48. The molecule has 8 nitrogen and oxygen atoms in total. The van der Waals surface area contributed by atoms with E-state index in [0.717, 1.165) is 11.1 Å². The van der Waals surface area contributed by atoms with E-state index in [1.807, 2.05) is 24.3 Å². The number of amides is 2. The summed E-state index contributed by atoms with van der Waals surface area (Å²) in [7, 11) is 1.60. The van der Waals surface area contributed by atoms with E-state index in [9.17, 15) is 18.8 Å². The van der Waals surface area contributed by atoms with Crippen LogP contribution in [0.3, 0.4) is 0 Å². The molecule has 10 heteroatoms. The minimum Gasteiger partial charge on any atom is -0.458 e. The van der Waals surface area contributed by atoms with Gasteiger partial charge in [-0.1, -0.05) is 48.0 Å². The van der Waals surface area contributed by atoms with Crippen LogP contribution in [0.1, 0.15) is 58.2 Å². The molecule has 1 atom stereocenters. The Morgan fingerprint density at radius 3 is 2.15 bits per heavy atom. The first-order chi connectivity index (χ1) is 18.6. The third-order valence-electron chi connectivity index (χ3n) is 5.19. The number of hydrogen-bond acceptors (Lipinski definition) is 6. The maximum Gasteiger partial charge on any atom is 0.408 e. The molecule has 0 spiro atoms. The molecule has 0 fully saturated rings. The lowest BCUT2D eigenvalue weighted by molar-refractivity contribution is -0.158. The Bertz CT molecular complexity index is 1200. The van der Waals surface area contributed by atoms with Crippen LogP contribution < -0.4 is 5.32 Å². The lowest BCUT2D eigenvalue weighted by atomic mass is 10.1. The molecule has 0 aliphatic rings. The molecule has 0 saturated heterocycles. The Hall–Kier alpha value is -3.43. The molecule has 0 saturated carbocycles. The number of rotatable bonds is 10. The Kier molecular flexibility index (Phi) is 11.7. The maximum absolute atomic E-state index is 14.4. The quantitative estimate of drug-likeness (QED) is 0.279. The summed E-state index contributed by atoms with van der Waals surface area (Å²) in [6, 6.07) is 10.6. The van der Waals surface area contributed by atoms with Crippen LogP contribution in [0.5, 0.6) is 0 Å². The highest BCUT2D eigenvalue weighted by atomic mass is 35.5. The van der Waals surface area contributed by atoms with Gasteiger partial charge in [-0.25, -0.2) is 14.0 Å². The van der Waals surface area contributed by atoms with Crippen LogP contribution in [0.25, 0.3) is 6.08 Å². The van der Waals surface area contributed by atoms with Gasteiger partial charge in [0.1, 0.15) is 23.1 Å². The molecule has 2 rings (SSSR count). The van der Waals surface area contributed by atoms with E-state index in [2.05, 4.69) is 5.32 Å². The first kappa shape index (κ1) is 32.8. The Labute approximate surface area is 240 Å². The van der Waals surface area contributed by atoms with Gasteiger partial charge < -0.3 is 24.4 Å². The molecule has 2 aromatic rings. The zero-order chi connectivity index (χ0) is 30.1. The molecule has 2 aromatic carbocycles. The number of esters is 1. The van der Waals surface area contributed by atoms with Crippen LogP contribution in [-0.4, -0.2) is 53.8 Å². The van der Waals surface area contributed by atoms with Crippen LogP contribution in [0.4, 0.5) is 9.18 Å². The van der Waals surface area contributed by atoms with Gasteiger partial charge in [-0.2, -0.15) is 0 Å². The summed E-state index contributed by atoms with van der Waals surface area (Å²) in [5.74, 6) is -1.93. The molecule has 0 aliphatic carbocycles. The number of nitrogens with zero attached hydrogens (tertiary/aromatic N) is 1. The molecule has 0 aromatic heterocycles. The number of methoxy groups -OCH3 is 1. The van der Waals surface area contributed by atoms with Gasteiger partial charge in [0.2, 0.25) is 5.91 Å². The second kappa shape index (κ2) is 14.3. The maximum atomic E-state index is 14.4. The summed E-state index contributed by atoms with van der Waals surface area (Å²) < 4.78 is 30.4. The van der Waals surface area contributed by atoms with Crippen molar-refractivity contribution in [2.45, 2.75) is 71.9 Å².